The SMILES string of the molecule is CCCCOC(CC1(C)C(=O)OC(C)(C)OC1=O)OC(C)=O. The third-order valence-corrected chi connectivity index (χ3v) is 3.25. The molecule has 1 saturated heterocycles. The molecule has 0 N–H and O–H groups in total. The summed E-state index contributed by atoms with van der Waals surface area (Å²) in [6.07, 6.45) is 0.526. The number of esters is 3. The predicted octanol–water partition coefficient (Wildman–Crippen LogP) is 1.92. The van der Waals surface area contributed by atoms with Gasteiger partial charge < -0.3 is 18.9 Å². The minimum absolute atomic E-state index is 0.149. The van der Waals surface area contributed by atoms with E-state index in [-0.39, 0.29) is 6.42 Å². The maximum absolute atomic E-state index is 12.2. The molecule has 0 saturated carbocycles. The molecule has 0 aromatic carbocycles. The molecule has 1 unspecified atom stereocenters. The van der Waals surface area contributed by atoms with E-state index in [0.29, 0.717) is 6.61 Å². The van der Waals surface area contributed by atoms with Crippen LogP contribution in [0.3, 0.4) is 0 Å². The van der Waals surface area contributed by atoms with Crippen molar-refractivity contribution in [3.63, 3.8) is 0 Å². The molecule has 0 amide bonds. The van der Waals surface area contributed by atoms with Crippen molar-refractivity contribution in [1.82, 2.24) is 0 Å². The molecule has 7 nitrogen and oxygen atoms in total. The van der Waals surface area contributed by atoms with E-state index < -0.39 is 35.4 Å². The lowest BCUT2D eigenvalue weighted by atomic mass is 9.85. The average molecular weight is 316 g/mol. The zero-order valence-electron chi connectivity index (χ0n) is 13.8. The van der Waals surface area contributed by atoms with Crippen LogP contribution in [0.15, 0.2) is 0 Å². The van der Waals surface area contributed by atoms with Gasteiger partial charge in [0.2, 0.25) is 6.29 Å². The Balaban J connectivity index is 2.82. The first-order valence-electron chi connectivity index (χ1n) is 7.36. The Morgan fingerprint density at radius 2 is 1.73 bits per heavy atom. The summed E-state index contributed by atoms with van der Waals surface area (Å²) in [6.45, 7) is 7.93. The minimum atomic E-state index is -1.57. The molecule has 0 bridgehead atoms. The highest BCUT2D eigenvalue weighted by molar-refractivity contribution is 6.01. The predicted molar refractivity (Wildman–Crippen MR) is 75.4 cm³/mol. The van der Waals surface area contributed by atoms with Crippen LogP contribution in [0, 0.1) is 5.41 Å². The van der Waals surface area contributed by atoms with E-state index in [1.54, 1.807) is 0 Å². The molecule has 1 aliphatic heterocycles. The van der Waals surface area contributed by atoms with Crippen LogP contribution in [0.5, 0.6) is 0 Å². The molecule has 0 spiro atoms. The van der Waals surface area contributed by atoms with Crippen molar-refractivity contribution in [3.05, 3.63) is 0 Å². The van der Waals surface area contributed by atoms with E-state index in [0.717, 1.165) is 12.8 Å². The fraction of sp³-hybridized carbons (Fsp3) is 0.800. The Hall–Kier alpha value is -1.63. The van der Waals surface area contributed by atoms with Gasteiger partial charge in [-0.2, -0.15) is 0 Å². The van der Waals surface area contributed by atoms with Crippen molar-refractivity contribution >= 4 is 17.9 Å². The zero-order valence-corrected chi connectivity index (χ0v) is 13.8. The van der Waals surface area contributed by atoms with Crippen LogP contribution >= 0.6 is 0 Å². The van der Waals surface area contributed by atoms with Crippen LogP contribution in [-0.4, -0.2) is 36.6 Å². The first kappa shape index (κ1) is 18.4. The van der Waals surface area contributed by atoms with Gasteiger partial charge in [-0.1, -0.05) is 13.3 Å². The second-order valence-corrected chi connectivity index (χ2v) is 5.98. The van der Waals surface area contributed by atoms with E-state index in [1.807, 2.05) is 6.92 Å². The van der Waals surface area contributed by atoms with Gasteiger partial charge in [-0.3, -0.25) is 14.4 Å². The first-order valence-corrected chi connectivity index (χ1v) is 7.36. The van der Waals surface area contributed by atoms with Crippen molar-refractivity contribution in [2.75, 3.05) is 6.61 Å². The number of carbonyl (C=O) groups excluding carboxylic acids is 3. The molecule has 0 aromatic rings. The number of rotatable bonds is 7. The highest BCUT2D eigenvalue weighted by atomic mass is 16.7. The number of cyclic esters (lactones) is 2. The van der Waals surface area contributed by atoms with E-state index >= 15 is 0 Å². The third kappa shape index (κ3) is 4.69. The number of carbonyl (C=O) groups is 3. The molecular formula is C15H24O7. The van der Waals surface area contributed by atoms with Gasteiger partial charge in [-0.15, -0.1) is 0 Å². The molecule has 0 aromatic heterocycles. The van der Waals surface area contributed by atoms with Gasteiger partial charge in [-0.05, 0) is 13.3 Å². The summed E-state index contributed by atoms with van der Waals surface area (Å²) in [5.41, 5.74) is -1.57. The van der Waals surface area contributed by atoms with E-state index in [9.17, 15) is 14.4 Å². The Kier molecular flexibility index (Phi) is 5.93. The fourth-order valence-electron chi connectivity index (χ4n) is 1.95. The fourth-order valence-corrected chi connectivity index (χ4v) is 1.95. The Labute approximate surface area is 130 Å². The highest BCUT2D eigenvalue weighted by Crippen LogP contribution is 2.36. The summed E-state index contributed by atoms with van der Waals surface area (Å²) < 4.78 is 20.7. The van der Waals surface area contributed by atoms with Gasteiger partial charge in [-0.25, -0.2) is 0 Å². The molecule has 7 heteroatoms. The van der Waals surface area contributed by atoms with Gasteiger partial charge in [0.15, 0.2) is 5.41 Å². The van der Waals surface area contributed by atoms with Crippen LogP contribution in [0.2, 0.25) is 0 Å². The molecule has 1 aliphatic rings. The number of ether oxygens (including phenoxy) is 4. The molecule has 0 aliphatic carbocycles. The molecule has 1 heterocycles. The van der Waals surface area contributed by atoms with Gasteiger partial charge in [0.05, 0.1) is 6.61 Å². The normalized spacial score (nSPS) is 20.8. The lowest BCUT2D eigenvalue weighted by Crippen LogP contribution is -2.54. The molecule has 22 heavy (non-hydrogen) atoms. The number of unbranched alkanes of at least 4 members (excludes halogenated alkanes) is 1. The van der Waals surface area contributed by atoms with Crippen LogP contribution in [0.4, 0.5) is 0 Å². The Bertz CT molecular complexity index is 421. The average Bonchev–Trinajstić information content (AvgIpc) is 2.35. The van der Waals surface area contributed by atoms with E-state index in [2.05, 4.69) is 0 Å². The van der Waals surface area contributed by atoms with Crippen molar-refractivity contribution in [3.8, 4) is 0 Å². The number of hydrogen-bond donors (Lipinski definition) is 0. The third-order valence-electron chi connectivity index (χ3n) is 3.25. The minimum Gasteiger partial charge on any atom is -0.436 e. The monoisotopic (exact) mass is 316 g/mol. The molecular weight excluding hydrogens is 292 g/mol. The van der Waals surface area contributed by atoms with Gasteiger partial charge in [0.1, 0.15) is 0 Å². The van der Waals surface area contributed by atoms with Gasteiger partial charge >= 0.3 is 17.9 Å². The second-order valence-electron chi connectivity index (χ2n) is 5.98. The summed E-state index contributed by atoms with van der Waals surface area (Å²) in [6, 6.07) is 0. The van der Waals surface area contributed by atoms with Crippen LogP contribution < -0.4 is 0 Å². The second kappa shape index (κ2) is 7.09. The van der Waals surface area contributed by atoms with Crippen LogP contribution in [0.1, 0.15) is 53.9 Å². The maximum atomic E-state index is 12.2. The Morgan fingerprint density at radius 1 is 1.18 bits per heavy atom. The summed E-state index contributed by atoms with van der Waals surface area (Å²) in [5.74, 6) is -3.29. The molecule has 0 radical (unpaired) electrons. The lowest BCUT2D eigenvalue weighted by Gasteiger charge is -2.39. The standard InChI is InChI=1S/C15H24O7/c1-6-7-8-19-11(20-10(2)16)9-15(5)12(17)21-14(3,4)22-13(15)18/h11H,6-9H2,1-5H3. The first-order chi connectivity index (χ1) is 10.1. The molecule has 126 valence electrons. The molecule has 1 rings (SSSR count). The molecule has 1 atom stereocenters. The molecule has 1 fully saturated rings. The topological polar surface area (TPSA) is 88.1 Å². The van der Waals surface area contributed by atoms with Crippen LogP contribution in [0.25, 0.3) is 0 Å². The summed E-state index contributed by atoms with van der Waals surface area (Å²) >= 11 is 0. The van der Waals surface area contributed by atoms with Crippen molar-refractivity contribution < 1.29 is 33.3 Å². The maximum Gasteiger partial charge on any atom is 0.326 e. The number of hydrogen-bond acceptors (Lipinski definition) is 7. The highest BCUT2D eigenvalue weighted by Gasteiger charge is 2.54. The largest absolute Gasteiger partial charge is 0.436 e. The van der Waals surface area contributed by atoms with E-state index in [1.165, 1.54) is 27.7 Å². The summed E-state index contributed by atoms with van der Waals surface area (Å²) in [5, 5.41) is 0. The van der Waals surface area contributed by atoms with Crippen LogP contribution in [-0.2, 0) is 33.3 Å². The van der Waals surface area contributed by atoms with Crippen molar-refractivity contribution in [1.29, 1.82) is 0 Å². The Morgan fingerprint density at radius 3 is 2.18 bits per heavy atom. The summed E-state index contributed by atoms with van der Waals surface area (Å²) in [4.78, 5) is 35.5. The summed E-state index contributed by atoms with van der Waals surface area (Å²) in [7, 11) is 0. The zero-order chi connectivity index (χ0) is 17.0. The lowest BCUT2D eigenvalue weighted by molar-refractivity contribution is -0.256. The van der Waals surface area contributed by atoms with Crippen molar-refractivity contribution in [2.45, 2.75) is 66.0 Å². The van der Waals surface area contributed by atoms with Crippen molar-refractivity contribution in [2.24, 2.45) is 5.41 Å². The van der Waals surface area contributed by atoms with Gasteiger partial charge in [0.25, 0.3) is 5.79 Å². The quantitative estimate of drug-likeness (QED) is 0.307. The smallest absolute Gasteiger partial charge is 0.326 e. The van der Waals surface area contributed by atoms with Gasteiger partial charge in [0, 0.05) is 27.2 Å². The van der Waals surface area contributed by atoms with E-state index in [4.69, 9.17) is 18.9 Å².